The second kappa shape index (κ2) is 57.1. The number of halogens is 10. The number of hydrogen-bond donors (Lipinski definition) is 11. The van der Waals surface area contributed by atoms with Crippen LogP contribution in [0, 0.1) is 58.2 Å². The van der Waals surface area contributed by atoms with Gasteiger partial charge in [0.1, 0.15) is 117 Å². The number of rotatable bonds is 34. The molecule has 10 aromatic carbocycles. The standard InChI is InChI=1S/2C22H21F2NO6S.3C18H16F2N2O4S/c2*1-4-30-21(28)19(25-12(2)26)11-32-22(29)17-9-14(5-8-20(17)31-13(3)27)16-7-6-15(23)10-18(16)24;3*1-9(23)22-15(17(21)25)8-27-18(26)13-6-10(2-5-16(13)24)12-4-3-11(19)7-14(12)20/h2*5-10,19H,4,11H2,1-3H3,(H,25,26);3*2-7,15,24H,8H2,1H3,(H2,21,25)(H,22,23)/t19-;;2*15-;/m0.10./s1. The Bertz CT molecular complexity index is 6080. The SMILES string of the molecule is CC(=O)NC(CSC(=O)c1cc(-c2ccc(F)cc2F)ccc1O)C(N)=O.CC(=O)N[C@@H](CSC(=O)c1cc(-c2ccc(F)cc2F)ccc1O)C(N)=O.CC(=O)N[C@H](CSC(=O)c1cc(-c2ccc(F)cc2F)ccc1O)C(N)=O.CCOC(=O)C(CSC(=O)c1cc(-c2ccc(F)cc2F)ccc1OC(C)=O)NC(C)=O.CCOC(=O)[C@H](CSC(=O)c1cc(-c2ccc(F)cc2F)ccc1OC(C)=O)NC(C)=O. The van der Waals surface area contributed by atoms with Crippen molar-refractivity contribution in [3.8, 4) is 84.4 Å². The normalized spacial score (nSPS) is 11.6. The van der Waals surface area contributed by atoms with E-state index in [1.54, 1.807) is 13.8 Å². The number of nitrogens with one attached hydrogen (secondary N) is 5. The number of carbonyl (C=O) groups is 17. The molecule has 0 aromatic heterocycles. The second-order valence-corrected chi connectivity index (χ2v) is 34.9. The van der Waals surface area contributed by atoms with Crippen LogP contribution in [0.25, 0.3) is 55.6 Å². The number of nitrogens with two attached hydrogens (primary N) is 3. The highest BCUT2D eigenvalue weighted by Gasteiger charge is 2.31. The molecule has 10 aromatic rings. The fourth-order valence-electron chi connectivity index (χ4n) is 12.2. The number of carbonyl (C=O) groups excluding carboxylic acids is 17. The van der Waals surface area contributed by atoms with Crippen molar-refractivity contribution in [3.63, 3.8) is 0 Å². The molecule has 0 aliphatic heterocycles. The molecule has 0 radical (unpaired) electrons. The molecule has 0 heterocycles. The first-order valence-electron chi connectivity index (χ1n) is 42.1. The molecule has 10 rings (SSSR count). The number of phenolic OH excluding ortho intramolecular Hbond substituents is 3. The third kappa shape index (κ3) is 37.8. The molecule has 47 heteroatoms. The Kier molecular flexibility index (Phi) is 46.6. The van der Waals surface area contributed by atoms with Crippen molar-refractivity contribution in [3.05, 3.63) is 268 Å². The number of amides is 8. The van der Waals surface area contributed by atoms with Crippen molar-refractivity contribution in [2.24, 2.45) is 17.2 Å². The van der Waals surface area contributed by atoms with Crippen molar-refractivity contribution >= 4 is 156 Å². The molecule has 0 bridgehead atoms. The van der Waals surface area contributed by atoms with Crippen LogP contribution in [0.15, 0.2) is 182 Å². The lowest BCUT2D eigenvalue weighted by atomic mass is 10.0. The number of phenols is 3. The van der Waals surface area contributed by atoms with Crippen molar-refractivity contribution in [2.75, 3.05) is 42.0 Å². The highest BCUT2D eigenvalue weighted by atomic mass is 32.2. The first-order valence-corrected chi connectivity index (χ1v) is 47.1. The van der Waals surface area contributed by atoms with Crippen molar-refractivity contribution < 1.29 is 160 Å². The second-order valence-electron chi connectivity index (χ2n) is 29.9. The minimum absolute atomic E-state index is 0.0440. The quantitative estimate of drug-likeness (QED) is 0.0101. The maximum Gasteiger partial charge on any atom is 0.329 e. The smallest absolute Gasteiger partial charge is 0.329 e. The van der Waals surface area contributed by atoms with E-state index >= 15 is 0 Å². The highest BCUT2D eigenvalue weighted by Crippen LogP contribution is 2.38. The summed E-state index contributed by atoms with van der Waals surface area (Å²) in [6.07, 6.45) is 0. The summed E-state index contributed by atoms with van der Waals surface area (Å²) in [5, 5.41) is 38.6. The van der Waals surface area contributed by atoms with Crippen LogP contribution in [0.2, 0.25) is 0 Å². The minimum atomic E-state index is -1.07. The molecule has 145 heavy (non-hydrogen) atoms. The third-order valence-electron chi connectivity index (χ3n) is 18.7. The van der Waals surface area contributed by atoms with Crippen LogP contribution < -0.4 is 53.3 Å². The Balaban J connectivity index is 0.000000278. The summed E-state index contributed by atoms with van der Waals surface area (Å²) in [5.41, 5.74) is 16.6. The van der Waals surface area contributed by atoms with Crippen LogP contribution in [0.3, 0.4) is 0 Å². The van der Waals surface area contributed by atoms with E-state index in [9.17, 15) is 141 Å². The molecule has 14 N–H and O–H groups in total. The largest absolute Gasteiger partial charge is 0.507 e. The van der Waals surface area contributed by atoms with E-state index in [-0.39, 0.29) is 154 Å². The van der Waals surface area contributed by atoms with Gasteiger partial charge in [-0.05, 0) is 163 Å². The lowest BCUT2D eigenvalue weighted by Crippen LogP contribution is -2.45. The van der Waals surface area contributed by atoms with Crippen molar-refractivity contribution in [2.45, 2.75) is 92.5 Å². The molecule has 0 aliphatic rings. The lowest BCUT2D eigenvalue weighted by Gasteiger charge is -2.16. The maximum absolute atomic E-state index is 14.2. The van der Waals surface area contributed by atoms with E-state index in [0.717, 1.165) is 44.2 Å². The van der Waals surface area contributed by atoms with Gasteiger partial charge in [0.15, 0.2) is 0 Å². The summed E-state index contributed by atoms with van der Waals surface area (Å²) in [7, 11) is 0. The predicted molar refractivity (Wildman–Crippen MR) is 519 cm³/mol. The van der Waals surface area contributed by atoms with Gasteiger partial charge in [0.2, 0.25) is 72.8 Å². The van der Waals surface area contributed by atoms with E-state index in [2.05, 4.69) is 26.6 Å². The van der Waals surface area contributed by atoms with Gasteiger partial charge in [-0.3, -0.25) is 71.9 Å². The average molecular weight is 2110 g/mol. The fourth-order valence-corrected chi connectivity index (χ4v) is 16.6. The Morgan fingerprint density at radius 2 is 0.469 bits per heavy atom. The van der Waals surface area contributed by atoms with Gasteiger partial charge in [0, 0.05) is 135 Å². The van der Waals surface area contributed by atoms with Crippen LogP contribution in [0.5, 0.6) is 28.7 Å². The fraction of sp³-hybridized carbons (Fsp3) is 0.214. The maximum atomic E-state index is 14.2. The monoisotopic (exact) mass is 2110 g/mol. The van der Waals surface area contributed by atoms with Gasteiger partial charge in [0.25, 0.3) is 0 Å². The summed E-state index contributed by atoms with van der Waals surface area (Å²) >= 11 is 3.37. The molecule has 766 valence electrons. The Morgan fingerprint density at radius 1 is 0.276 bits per heavy atom. The van der Waals surface area contributed by atoms with E-state index in [1.165, 1.54) is 156 Å². The molecule has 8 amide bonds. The molecule has 32 nitrogen and oxygen atoms in total. The van der Waals surface area contributed by atoms with E-state index in [1.807, 2.05) is 0 Å². The van der Waals surface area contributed by atoms with Crippen LogP contribution in [-0.4, -0.2) is 184 Å². The van der Waals surface area contributed by atoms with E-state index in [4.69, 9.17) is 36.1 Å². The molecule has 0 saturated heterocycles. The third-order valence-corrected chi connectivity index (χ3v) is 23.6. The first-order chi connectivity index (χ1) is 68.3. The first kappa shape index (κ1) is 118. The van der Waals surface area contributed by atoms with Gasteiger partial charge in [-0.15, -0.1) is 0 Å². The molecule has 0 aliphatic carbocycles. The van der Waals surface area contributed by atoms with Gasteiger partial charge in [-0.2, -0.15) is 0 Å². The number of hydrogen-bond acceptors (Lipinski definition) is 29. The highest BCUT2D eigenvalue weighted by molar-refractivity contribution is 8.15. The zero-order valence-corrected chi connectivity index (χ0v) is 81.7. The van der Waals surface area contributed by atoms with E-state index in [0.29, 0.717) is 89.1 Å². The van der Waals surface area contributed by atoms with Gasteiger partial charge in [0.05, 0.1) is 41.0 Å². The van der Waals surface area contributed by atoms with E-state index < -0.39 is 185 Å². The molecule has 5 atom stereocenters. The molecule has 2 unspecified atom stereocenters. The summed E-state index contributed by atoms with van der Waals surface area (Å²) in [6.45, 7) is 11.8. The Morgan fingerprint density at radius 3 is 0.662 bits per heavy atom. The summed E-state index contributed by atoms with van der Waals surface area (Å²) in [6, 6.07) is 29.4. The van der Waals surface area contributed by atoms with Crippen molar-refractivity contribution in [1.82, 2.24) is 26.6 Å². The average Bonchev–Trinajstić information content (AvgIpc) is 0.807. The molecule has 0 saturated carbocycles. The van der Waals surface area contributed by atoms with Gasteiger partial charge in [-0.1, -0.05) is 89.1 Å². The zero-order chi connectivity index (χ0) is 108. The van der Waals surface area contributed by atoms with Crippen LogP contribution in [0.1, 0.15) is 114 Å². The number of esters is 4. The van der Waals surface area contributed by atoms with Crippen molar-refractivity contribution in [1.29, 1.82) is 0 Å². The molecule has 0 fully saturated rings. The lowest BCUT2D eigenvalue weighted by molar-refractivity contribution is -0.146. The molecular weight excluding hydrogens is 2020 g/mol. The van der Waals surface area contributed by atoms with Crippen LogP contribution in [0.4, 0.5) is 43.9 Å². The summed E-state index contributed by atoms with van der Waals surface area (Å²) in [4.78, 5) is 200. The Labute approximate surface area is 840 Å². The topological polar surface area (TPSA) is 526 Å². The van der Waals surface area contributed by atoms with Gasteiger partial charge in [-0.25, -0.2) is 53.5 Å². The Hall–Kier alpha value is -15.4. The number of aromatic hydroxyl groups is 3. The number of thioether (sulfide) groups is 5. The number of benzene rings is 10. The van der Waals surface area contributed by atoms with Gasteiger partial charge >= 0.3 is 23.9 Å². The summed E-state index contributed by atoms with van der Waals surface area (Å²) < 4.78 is 156. The summed E-state index contributed by atoms with van der Waals surface area (Å²) in [5.74, 6) is -17.3. The number of primary amides is 3. The zero-order valence-electron chi connectivity index (χ0n) is 77.6. The predicted octanol–water partition coefficient (Wildman–Crippen LogP) is 13.6. The van der Waals surface area contributed by atoms with Crippen LogP contribution >= 0.6 is 58.8 Å². The van der Waals surface area contributed by atoms with Crippen LogP contribution in [-0.2, 0) is 67.0 Å². The number of ether oxygens (including phenoxy) is 4. The van der Waals surface area contributed by atoms with Gasteiger partial charge < -0.3 is 78.1 Å². The molecule has 0 spiro atoms. The molecular formula is C98H90F10N8O24S5. The minimum Gasteiger partial charge on any atom is -0.507 e.